The van der Waals surface area contributed by atoms with Crippen molar-refractivity contribution in [2.75, 3.05) is 39.6 Å². The van der Waals surface area contributed by atoms with Gasteiger partial charge in [-0.05, 0) is 49.4 Å². The molecule has 0 aromatic carbocycles. The number of ether oxygens (including phenoxy) is 4. The first kappa shape index (κ1) is 92.1. The van der Waals surface area contributed by atoms with Crippen LogP contribution in [-0.2, 0) is 65.4 Å². The molecule has 0 saturated carbocycles. The van der Waals surface area contributed by atoms with Gasteiger partial charge in [0.05, 0.1) is 26.4 Å². The number of hydrogen-bond donors (Lipinski definition) is 3. The molecule has 0 aromatic heterocycles. The summed E-state index contributed by atoms with van der Waals surface area (Å²) in [6.45, 7) is 14.2. The Balaban J connectivity index is 5.23. The summed E-state index contributed by atoms with van der Waals surface area (Å²) in [7, 11) is -9.91. The Morgan fingerprint density at radius 2 is 0.511 bits per heavy atom. The number of aliphatic hydroxyl groups is 1. The van der Waals surface area contributed by atoms with Gasteiger partial charge in [0.2, 0.25) is 0 Å². The van der Waals surface area contributed by atoms with Crippen LogP contribution < -0.4 is 0 Å². The molecular weight excluding hydrogens is 1230 g/mol. The minimum Gasteiger partial charge on any atom is -0.462 e. The van der Waals surface area contributed by atoms with E-state index in [9.17, 15) is 43.2 Å². The number of phosphoric ester groups is 2. The average molecular weight is 1380 g/mol. The van der Waals surface area contributed by atoms with Gasteiger partial charge in [0.1, 0.15) is 19.3 Å². The molecule has 94 heavy (non-hydrogen) atoms. The normalized spacial score (nSPS) is 14.7. The van der Waals surface area contributed by atoms with Gasteiger partial charge >= 0.3 is 39.5 Å². The predicted molar refractivity (Wildman–Crippen MR) is 381 cm³/mol. The molecule has 0 radical (unpaired) electrons. The number of esters is 4. The zero-order valence-corrected chi connectivity index (χ0v) is 63.4. The van der Waals surface area contributed by atoms with Crippen molar-refractivity contribution >= 4 is 39.5 Å². The van der Waals surface area contributed by atoms with Crippen LogP contribution in [0.4, 0.5) is 0 Å². The van der Waals surface area contributed by atoms with Crippen molar-refractivity contribution in [2.24, 2.45) is 23.7 Å². The highest BCUT2D eigenvalue weighted by atomic mass is 31.2. The van der Waals surface area contributed by atoms with E-state index in [0.29, 0.717) is 25.7 Å². The lowest BCUT2D eigenvalue weighted by Crippen LogP contribution is -2.30. The van der Waals surface area contributed by atoms with E-state index in [0.717, 1.165) is 120 Å². The van der Waals surface area contributed by atoms with E-state index in [1.54, 1.807) is 0 Å². The molecule has 0 aromatic rings. The Morgan fingerprint density at radius 3 is 0.755 bits per heavy atom. The minimum absolute atomic E-state index is 0.105. The monoisotopic (exact) mass is 1380 g/mol. The zero-order chi connectivity index (χ0) is 69.6. The Labute approximate surface area is 575 Å². The molecule has 19 heteroatoms. The van der Waals surface area contributed by atoms with Crippen molar-refractivity contribution in [3.05, 3.63) is 0 Å². The van der Waals surface area contributed by atoms with Crippen molar-refractivity contribution in [3.63, 3.8) is 0 Å². The summed E-state index contributed by atoms with van der Waals surface area (Å²) in [4.78, 5) is 72.7. The number of unbranched alkanes of at least 4 members (excludes halogenated alkanes) is 36. The van der Waals surface area contributed by atoms with Crippen LogP contribution in [0.15, 0.2) is 0 Å². The average Bonchev–Trinajstić information content (AvgIpc) is 1.33. The number of rotatable bonds is 72. The first-order valence-corrected chi connectivity index (χ1v) is 41.8. The van der Waals surface area contributed by atoms with Crippen LogP contribution in [0, 0.1) is 23.7 Å². The third-order valence-corrected chi connectivity index (χ3v) is 19.9. The fourth-order valence-electron chi connectivity index (χ4n) is 11.3. The quantitative estimate of drug-likeness (QED) is 0.0222. The number of carbonyl (C=O) groups is 4. The third kappa shape index (κ3) is 66.0. The maximum atomic E-state index is 13.1. The number of hydrogen-bond acceptors (Lipinski definition) is 15. The maximum Gasteiger partial charge on any atom is 0.472 e. The molecule has 0 spiro atoms. The van der Waals surface area contributed by atoms with E-state index < -0.39 is 97.5 Å². The number of carbonyl (C=O) groups excluding carboxylic acids is 4. The molecule has 0 aliphatic rings. The van der Waals surface area contributed by atoms with Gasteiger partial charge in [-0.3, -0.25) is 37.3 Å². The molecule has 0 aliphatic heterocycles. The number of phosphoric acid groups is 2. The first-order chi connectivity index (χ1) is 45.2. The molecule has 0 rings (SSSR count). The summed E-state index contributed by atoms with van der Waals surface area (Å²) >= 11 is 0. The second kappa shape index (κ2) is 64.4. The molecule has 0 heterocycles. The summed E-state index contributed by atoms with van der Waals surface area (Å²) in [5.74, 6) is 0.945. The highest BCUT2D eigenvalue weighted by molar-refractivity contribution is 7.47. The van der Waals surface area contributed by atoms with Crippen LogP contribution in [0.2, 0.25) is 0 Å². The van der Waals surface area contributed by atoms with E-state index in [1.165, 1.54) is 173 Å². The van der Waals surface area contributed by atoms with Gasteiger partial charge in [-0.1, -0.05) is 325 Å². The Hall–Kier alpha value is -1.94. The fraction of sp³-hybridized carbons (Fsp3) is 0.947. The molecule has 3 N–H and O–H groups in total. The predicted octanol–water partition coefficient (Wildman–Crippen LogP) is 21.7. The molecule has 0 saturated heterocycles. The van der Waals surface area contributed by atoms with Gasteiger partial charge in [-0.15, -0.1) is 0 Å². The minimum atomic E-state index is -4.96. The van der Waals surface area contributed by atoms with Crippen molar-refractivity contribution < 1.29 is 80.2 Å². The molecule has 17 nitrogen and oxygen atoms in total. The van der Waals surface area contributed by atoms with Crippen LogP contribution >= 0.6 is 15.6 Å². The second-order valence-corrected chi connectivity index (χ2v) is 31.4. The van der Waals surface area contributed by atoms with E-state index in [-0.39, 0.29) is 25.7 Å². The van der Waals surface area contributed by atoms with Crippen LogP contribution in [-0.4, -0.2) is 96.7 Å². The van der Waals surface area contributed by atoms with Crippen LogP contribution in [0.3, 0.4) is 0 Å². The zero-order valence-electron chi connectivity index (χ0n) is 61.6. The van der Waals surface area contributed by atoms with Crippen LogP contribution in [0.25, 0.3) is 0 Å². The topological polar surface area (TPSA) is 237 Å². The Morgan fingerprint density at radius 1 is 0.298 bits per heavy atom. The van der Waals surface area contributed by atoms with Gasteiger partial charge in [-0.25, -0.2) is 9.13 Å². The lowest BCUT2D eigenvalue weighted by atomic mass is 9.99. The SMILES string of the molecule is CCC(C)CCCCCCCCCCCCC(=O)O[C@H](COC(=O)CCCCCCCCCCC(C)C)COP(=O)(O)OCC(O)COP(=O)(O)OC[C@@H](COC(=O)CCCCCCCCC(C)CC)OC(=O)CCCCCCCCCCCCCCCCCCC(C)C. The van der Waals surface area contributed by atoms with Gasteiger partial charge in [0.15, 0.2) is 12.2 Å². The Kier molecular flexibility index (Phi) is 63.1. The molecular formula is C75H146O17P2. The molecule has 0 bridgehead atoms. The van der Waals surface area contributed by atoms with E-state index in [4.69, 9.17) is 37.0 Å². The van der Waals surface area contributed by atoms with E-state index in [2.05, 4.69) is 55.4 Å². The summed E-state index contributed by atoms with van der Waals surface area (Å²) in [6.07, 6.45) is 48.6. The van der Waals surface area contributed by atoms with Crippen LogP contribution in [0.1, 0.15) is 376 Å². The molecule has 5 unspecified atom stereocenters. The largest absolute Gasteiger partial charge is 0.472 e. The molecule has 0 amide bonds. The summed E-state index contributed by atoms with van der Waals surface area (Å²) in [5.41, 5.74) is 0. The summed E-state index contributed by atoms with van der Waals surface area (Å²) in [6, 6.07) is 0. The lowest BCUT2D eigenvalue weighted by molar-refractivity contribution is -0.161. The Bertz CT molecular complexity index is 1850. The van der Waals surface area contributed by atoms with E-state index >= 15 is 0 Å². The maximum absolute atomic E-state index is 13.1. The molecule has 0 aliphatic carbocycles. The van der Waals surface area contributed by atoms with Gasteiger partial charge in [0.25, 0.3) is 0 Å². The molecule has 0 fully saturated rings. The highest BCUT2D eigenvalue weighted by Gasteiger charge is 2.30. The van der Waals surface area contributed by atoms with E-state index in [1.807, 2.05) is 0 Å². The van der Waals surface area contributed by atoms with Gasteiger partial charge < -0.3 is 33.8 Å². The highest BCUT2D eigenvalue weighted by Crippen LogP contribution is 2.45. The van der Waals surface area contributed by atoms with Crippen molar-refractivity contribution in [1.82, 2.24) is 0 Å². The third-order valence-electron chi connectivity index (χ3n) is 18.0. The van der Waals surface area contributed by atoms with Crippen molar-refractivity contribution in [3.8, 4) is 0 Å². The van der Waals surface area contributed by atoms with Crippen LogP contribution in [0.5, 0.6) is 0 Å². The standard InChI is InChI=1S/C75H146O17P2/c1-9-67(7)53-45-37-29-22-19-20-24-32-42-50-58-75(80)91-70(61-85-72(77)55-47-39-30-26-25-28-36-44-52-66(5)6)63-89-93(81,82)87-59-69(76)60-88-94(83,84)90-64-71(62-86-73(78)56-48-40-34-33-38-46-54-68(8)10-2)92-74(79)57-49-41-31-23-18-16-14-12-11-13-15-17-21-27-35-43-51-65(3)4/h65-71,76H,9-64H2,1-8H3,(H,81,82)(H,83,84)/t67?,68?,69?,70-,71-/m1/s1. The van der Waals surface area contributed by atoms with Crippen molar-refractivity contribution in [1.29, 1.82) is 0 Å². The molecule has 558 valence electrons. The van der Waals surface area contributed by atoms with Gasteiger partial charge in [-0.2, -0.15) is 0 Å². The summed E-state index contributed by atoms with van der Waals surface area (Å²) < 4.78 is 68.5. The van der Waals surface area contributed by atoms with Gasteiger partial charge in [0, 0.05) is 25.7 Å². The molecule has 7 atom stereocenters. The number of aliphatic hydroxyl groups excluding tert-OH is 1. The fourth-order valence-corrected chi connectivity index (χ4v) is 12.9. The lowest BCUT2D eigenvalue weighted by Gasteiger charge is -2.21. The summed E-state index contributed by atoms with van der Waals surface area (Å²) in [5, 5.41) is 10.6. The first-order valence-electron chi connectivity index (χ1n) is 38.8. The second-order valence-electron chi connectivity index (χ2n) is 28.5. The smallest absolute Gasteiger partial charge is 0.462 e. The van der Waals surface area contributed by atoms with Crippen molar-refractivity contribution in [2.45, 2.75) is 395 Å².